The van der Waals surface area contributed by atoms with Crippen molar-refractivity contribution in [1.29, 1.82) is 0 Å². The fourth-order valence-electron chi connectivity index (χ4n) is 1.27. The van der Waals surface area contributed by atoms with Gasteiger partial charge < -0.3 is 0 Å². The van der Waals surface area contributed by atoms with Crippen molar-refractivity contribution in [3.8, 4) is 0 Å². The molecule has 10 heavy (non-hydrogen) atoms. The third-order valence-corrected chi connectivity index (χ3v) is 1.82. The molecule has 0 amide bonds. The number of allylic oxidation sites excluding steroid dienone is 8. The van der Waals surface area contributed by atoms with Gasteiger partial charge in [-0.3, -0.25) is 0 Å². The summed E-state index contributed by atoms with van der Waals surface area (Å²) < 4.78 is 0. The van der Waals surface area contributed by atoms with E-state index in [2.05, 4.69) is 49.0 Å². The molecule has 1 unspecified atom stereocenters. The van der Waals surface area contributed by atoms with Gasteiger partial charge >= 0.3 is 0 Å². The van der Waals surface area contributed by atoms with Crippen LogP contribution in [0.2, 0.25) is 0 Å². The molecule has 0 saturated heterocycles. The minimum absolute atomic E-state index is 0.537. The zero-order chi connectivity index (χ0) is 6.81. The lowest BCUT2D eigenvalue weighted by atomic mass is 9.88. The van der Waals surface area contributed by atoms with Crippen molar-refractivity contribution < 1.29 is 0 Å². The van der Waals surface area contributed by atoms with Gasteiger partial charge in [-0.25, -0.2) is 0 Å². The zero-order valence-electron chi connectivity index (χ0n) is 5.70. The van der Waals surface area contributed by atoms with Gasteiger partial charge in [0.15, 0.2) is 0 Å². The Morgan fingerprint density at radius 3 is 3.10 bits per heavy atom. The van der Waals surface area contributed by atoms with Gasteiger partial charge in [-0.2, -0.15) is 0 Å². The third kappa shape index (κ3) is 0.820. The van der Waals surface area contributed by atoms with Crippen LogP contribution in [0, 0.1) is 12.3 Å². The zero-order valence-corrected chi connectivity index (χ0v) is 5.70. The van der Waals surface area contributed by atoms with Gasteiger partial charge in [-0.05, 0) is 0 Å². The van der Waals surface area contributed by atoms with Gasteiger partial charge in [-0.15, -0.1) is 0 Å². The Hall–Kier alpha value is -1.17. The largest absolute Gasteiger partial charge is 0.0949 e. The summed E-state index contributed by atoms with van der Waals surface area (Å²) in [6, 6.07) is 0. The monoisotopic (exact) mass is 129 g/mol. The van der Waals surface area contributed by atoms with Crippen LogP contribution in [-0.4, -0.2) is 0 Å². The highest BCUT2D eigenvalue weighted by molar-refractivity contribution is 5.41. The van der Waals surface area contributed by atoms with Crippen LogP contribution in [0.15, 0.2) is 48.1 Å². The molecule has 0 heterocycles. The smallest absolute Gasteiger partial charge is 0.0635 e. The first-order valence-corrected chi connectivity index (χ1v) is 3.53. The maximum atomic E-state index is 2.20. The molecule has 2 rings (SSSR count). The minimum Gasteiger partial charge on any atom is -0.0635 e. The predicted octanol–water partition coefficient (Wildman–Crippen LogP) is 2.43. The average molecular weight is 129 g/mol. The Kier molecular flexibility index (Phi) is 1.24. The Balaban J connectivity index is 2.34. The van der Waals surface area contributed by atoms with E-state index in [0.717, 1.165) is 0 Å². The molecule has 0 radical (unpaired) electrons. The highest BCUT2D eigenvalue weighted by atomic mass is 14.1. The Morgan fingerprint density at radius 1 is 1.20 bits per heavy atom. The summed E-state index contributed by atoms with van der Waals surface area (Å²) in [6.07, 6.45) is 17.1. The molecule has 0 spiro atoms. The standard InChI is InChI=1S/C10H9/c1-2-6-10-8-4-3-7-9(10)5-1/h1-9H/q+1. The molecule has 1 atom stereocenters. The molecule has 0 fully saturated rings. The summed E-state index contributed by atoms with van der Waals surface area (Å²) >= 11 is 0. The van der Waals surface area contributed by atoms with Crippen molar-refractivity contribution >= 4 is 0 Å². The van der Waals surface area contributed by atoms with Crippen molar-refractivity contribution in [2.24, 2.45) is 5.92 Å². The SMILES string of the molecule is C1=C[CH+]C2C=CC=CC2=C1. The number of hydrogen-bond acceptors (Lipinski definition) is 0. The van der Waals surface area contributed by atoms with E-state index in [1.165, 1.54) is 5.57 Å². The molecular weight excluding hydrogens is 120 g/mol. The lowest BCUT2D eigenvalue weighted by Gasteiger charge is -2.10. The molecule has 2 aliphatic rings. The van der Waals surface area contributed by atoms with E-state index in [1.54, 1.807) is 0 Å². The minimum atomic E-state index is 0.537. The second-order valence-electron chi connectivity index (χ2n) is 2.51. The van der Waals surface area contributed by atoms with Crippen molar-refractivity contribution in [2.75, 3.05) is 0 Å². The summed E-state index contributed by atoms with van der Waals surface area (Å²) in [5.74, 6) is 0.537. The summed E-state index contributed by atoms with van der Waals surface area (Å²) in [5, 5.41) is 0. The van der Waals surface area contributed by atoms with E-state index in [-0.39, 0.29) is 0 Å². The third-order valence-electron chi connectivity index (χ3n) is 1.82. The van der Waals surface area contributed by atoms with E-state index < -0.39 is 0 Å². The molecule has 0 heteroatoms. The van der Waals surface area contributed by atoms with Crippen LogP contribution in [-0.2, 0) is 0 Å². The quantitative estimate of drug-likeness (QED) is 0.441. The Labute approximate surface area is 61.3 Å². The first kappa shape index (κ1) is 5.60. The normalized spacial score (nSPS) is 27.2. The van der Waals surface area contributed by atoms with Gasteiger partial charge in [0.1, 0.15) is 0 Å². The second kappa shape index (κ2) is 2.22. The molecule has 0 aromatic heterocycles. The van der Waals surface area contributed by atoms with Crippen LogP contribution in [0.3, 0.4) is 0 Å². The Morgan fingerprint density at radius 2 is 2.20 bits per heavy atom. The van der Waals surface area contributed by atoms with Gasteiger partial charge in [0.05, 0.1) is 24.5 Å². The van der Waals surface area contributed by atoms with E-state index in [0.29, 0.717) is 5.92 Å². The van der Waals surface area contributed by atoms with Crippen LogP contribution >= 0.6 is 0 Å². The van der Waals surface area contributed by atoms with Crippen LogP contribution < -0.4 is 0 Å². The Bertz CT molecular complexity index is 239. The predicted molar refractivity (Wildman–Crippen MR) is 43.3 cm³/mol. The maximum Gasteiger partial charge on any atom is 0.0949 e. The van der Waals surface area contributed by atoms with Crippen LogP contribution in [0.1, 0.15) is 0 Å². The number of fused-ring (bicyclic) bond motifs is 1. The molecule has 0 aliphatic heterocycles. The summed E-state index contributed by atoms with van der Waals surface area (Å²) in [5.41, 5.74) is 1.39. The van der Waals surface area contributed by atoms with E-state index in [1.807, 2.05) is 0 Å². The lowest BCUT2D eigenvalue weighted by molar-refractivity contribution is 0.927. The van der Waals surface area contributed by atoms with Crippen molar-refractivity contribution in [1.82, 2.24) is 0 Å². The number of rotatable bonds is 0. The first-order chi connectivity index (χ1) is 4.97. The van der Waals surface area contributed by atoms with Gasteiger partial charge in [0.2, 0.25) is 0 Å². The second-order valence-corrected chi connectivity index (χ2v) is 2.51. The van der Waals surface area contributed by atoms with E-state index in [9.17, 15) is 0 Å². The molecule has 0 bridgehead atoms. The van der Waals surface area contributed by atoms with Crippen molar-refractivity contribution in [2.45, 2.75) is 0 Å². The molecule has 0 saturated carbocycles. The summed E-state index contributed by atoms with van der Waals surface area (Å²) in [7, 11) is 0. The molecule has 0 aromatic carbocycles. The van der Waals surface area contributed by atoms with Gasteiger partial charge in [-0.1, -0.05) is 24.3 Å². The fourth-order valence-corrected chi connectivity index (χ4v) is 1.27. The van der Waals surface area contributed by atoms with Gasteiger partial charge in [0, 0.05) is 11.6 Å². The molecular formula is C10H9+. The van der Waals surface area contributed by atoms with Crippen LogP contribution in [0.4, 0.5) is 0 Å². The van der Waals surface area contributed by atoms with Crippen molar-refractivity contribution in [3.05, 3.63) is 54.5 Å². The summed E-state index contributed by atoms with van der Waals surface area (Å²) in [4.78, 5) is 0. The molecule has 0 aromatic rings. The maximum absolute atomic E-state index is 2.20. The lowest BCUT2D eigenvalue weighted by Crippen LogP contribution is -2.03. The molecule has 0 nitrogen and oxygen atoms in total. The van der Waals surface area contributed by atoms with Crippen LogP contribution in [0.25, 0.3) is 0 Å². The summed E-state index contributed by atoms with van der Waals surface area (Å²) in [6.45, 7) is 0. The number of hydrogen-bond donors (Lipinski definition) is 0. The molecule has 0 N–H and O–H groups in total. The van der Waals surface area contributed by atoms with Crippen molar-refractivity contribution in [3.63, 3.8) is 0 Å². The topological polar surface area (TPSA) is 0 Å². The fraction of sp³-hybridized carbons (Fsp3) is 0.100. The molecule has 48 valence electrons. The highest BCUT2D eigenvalue weighted by Crippen LogP contribution is 2.24. The first-order valence-electron chi connectivity index (χ1n) is 3.53. The van der Waals surface area contributed by atoms with Crippen LogP contribution in [0.5, 0.6) is 0 Å². The van der Waals surface area contributed by atoms with Gasteiger partial charge in [0.25, 0.3) is 0 Å². The molecule has 2 aliphatic carbocycles. The van der Waals surface area contributed by atoms with E-state index in [4.69, 9.17) is 0 Å². The highest BCUT2D eigenvalue weighted by Gasteiger charge is 2.16. The van der Waals surface area contributed by atoms with E-state index >= 15 is 0 Å². The average Bonchev–Trinajstić information content (AvgIpc) is 2.05.